The molecule has 1 heterocycles. The number of para-hydroxylation sites is 1. The van der Waals surface area contributed by atoms with Crippen LogP contribution < -0.4 is 21.1 Å². The Morgan fingerprint density at radius 2 is 1.73 bits per heavy atom. The van der Waals surface area contributed by atoms with E-state index in [1.54, 1.807) is 0 Å². The number of carbonyl (C=O) groups is 3. The van der Waals surface area contributed by atoms with Crippen LogP contribution in [0.1, 0.15) is 22.3 Å². The molecule has 176 valence electrons. The number of hydrazine groups is 1. The molecule has 0 radical (unpaired) electrons. The van der Waals surface area contributed by atoms with Gasteiger partial charge in [-0.2, -0.15) is 0 Å². The van der Waals surface area contributed by atoms with Crippen LogP contribution in [0.4, 0.5) is 5.69 Å². The van der Waals surface area contributed by atoms with Crippen molar-refractivity contribution in [3.63, 3.8) is 0 Å². The molecule has 0 atom stereocenters. The molecule has 0 aromatic heterocycles. The normalized spacial score (nSPS) is 13.2. The monoisotopic (exact) mass is 473 g/mol. The van der Waals surface area contributed by atoms with Gasteiger partial charge >= 0.3 is 0 Å². The summed E-state index contributed by atoms with van der Waals surface area (Å²) >= 11 is 0. The van der Waals surface area contributed by atoms with E-state index >= 15 is 0 Å². The number of rotatable bonds is 7. The Hall–Kier alpha value is -3.44. The molecule has 0 spiro atoms. The lowest BCUT2D eigenvalue weighted by Gasteiger charge is -2.30. The predicted octanol–water partition coefficient (Wildman–Crippen LogP) is 0.267. The first-order chi connectivity index (χ1) is 15.7. The van der Waals surface area contributed by atoms with Crippen molar-refractivity contribution >= 4 is 33.4 Å². The van der Waals surface area contributed by atoms with Gasteiger partial charge < -0.3 is 10.2 Å². The second kappa shape index (κ2) is 10.5. The van der Waals surface area contributed by atoms with Crippen molar-refractivity contribution in [2.75, 3.05) is 38.6 Å². The Morgan fingerprint density at radius 3 is 2.48 bits per heavy atom. The van der Waals surface area contributed by atoms with E-state index in [1.165, 1.54) is 43.9 Å². The zero-order valence-corrected chi connectivity index (χ0v) is 19.3. The molecular formula is C22H27N5O5S. The molecule has 10 nitrogen and oxygen atoms in total. The van der Waals surface area contributed by atoms with Gasteiger partial charge in [0.15, 0.2) is 0 Å². The number of nitrogens with zero attached hydrogens (tertiary/aromatic N) is 2. The highest BCUT2D eigenvalue weighted by atomic mass is 32.2. The highest BCUT2D eigenvalue weighted by Crippen LogP contribution is 2.26. The van der Waals surface area contributed by atoms with Gasteiger partial charge in [0.1, 0.15) is 0 Å². The number of sulfonamides is 1. The number of anilines is 1. The lowest BCUT2D eigenvalue weighted by Crippen LogP contribution is -2.49. The molecule has 2 aromatic carbocycles. The van der Waals surface area contributed by atoms with Gasteiger partial charge in [0, 0.05) is 31.9 Å². The highest BCUT2D eigenvalue weighted by molar-refractivity contribution is 7.89. The molecule has 0 aliphatic carbocycles. The van der Waals surface area contributed by atoms with Crippen LogP contribution in [0.5, 0.6) is 0 Å². The van der Waals surface area contributed by atoms with Gasteiger partial charge in [0.25, 0.3) is 17.7 Å². The zero-order chi connectivity index (χ0) is 24.0. The van der Waals surface area contributed by atoms with Gasteiger partial charge in [-0.05, 0) is 42.7 Å². The van der Waals surface area contributed by atoms with Crippen LogP contribution in [0.15, 0.2) is 53.4 Å². The summed E-state index contributed by atoms with van der Waals surface area (Å²) in [6.45, 7) is 0.449. The van der Waals surface area contributed by atoms with E-state index in [9.17, 15) is 22.8 Å². The second-order valence-electron chi connectivity index (χ2n) is 7.75. The van der Waals surface area contributed by atoms with E-state index < -0.39 is 28.4 Å². The Bertz CT molecular complexity index is 1150. The lowest BCUT2D eigenvalue weighted by molar-refractivity contribution is -0.127. The maximum atomic E-state index is 12.3. The highest BCUT2D eigenvalue weighted by Gasteiger charge is 2.20. The SMILES string of the molecule is CN(C)S(=O)(=O)c1cccc(C(=O)NCC(=O)NNC(=O)CN2CCCc3ccccc32)c1. The van der Waals surface area contributed by atoms with Crippen molar-refractivity contribution in [2.24, 2.45) is 0 Å². The smallest absolute Gasteiger partial charge is 0.257 e. The molecule has 3 rings (SSSR count). The van der Waals surface area contributed by atoms with Crippen LogP contribution in [0.2, 0.25) is 0 Å². The van der Waals surface area contributed by atoms with Crippen LogP contribution in [0, 0.1) is 0 Å². The van der Waals surface area contributed by atoms with Crippen molar-refractivity contribution in [2.45, 2.75) is 17.7 Å². The van der Waals surface area contributed by atoms with E-state index in [1.807, 2.05) is 29.2 Å². The summed E-state index contributed by atoms with van der Waals surface area (Å²) in [5, 5.41) is 2.40. The summed E-state index contributed by atoms with van der Waals surface area (Å²) in [5.41, 5.74) is 6.91. The Balaban J connectivity index is 1.47. The summed E-state index contributed by atoms with van der Waals surface area (Å²) in [6, 6.07) is 13.4. The van der Waals surface area contributed by atoms with Gasteiger partial charge in [-0.15, -0.1) is 0 Å². The molecule has 0 unspecified atom stereocenters. The van der Waals surface area contributed by atoms with Crippen molar-refractivity contribution < 1.29 is 22.8 Å². The third kappa shape index (κ3) is 6.08. The average molecular weight is 474 g/mol. The summed E-state index contributed by atoms with van der Waals surface area (Å²) < 4.78 is 25.5. The van der Waals surface area contributed by atoms with Crippen LogP contribution in [0.25, 0.3) is 0 Å². The minimum atomic E-state index is -3.69. The first-order valence-corrected chi connectivity index (χ1v) is 11.8. The maximum absolute atomic E-state index is 12.3. The molecule has 0 saturated heterocycles. The number of carbonyl (C=O) groups excluding carboxylic acids is 3. The van der Waals surface area contributed by atoms with Crippen LogP contribution >= 0.6 is 0 Å². The third-order valence-corrected chi connectivity index (χ3v) is 6.98. The van der Waals surface area contributed by atoms with Crippen LogP contribution in [-0.4, -0.2) is 64.2 Å². The van der Waals surface area contributed by atoms with Crippen LogP contribution in [-0.2, 0) is 26.0 Å². The molecule has 1 aliphatic rings. The topological polar surface area (TPSA) is 128 Å². The minimum absolute atomic E-state index is 0.0313. The predicted molar refractivity (Wildman–Crippen MR) is 123 cm³/mol. The van der Waals surface area contributed by atoms with Gasteiger partial charge in [-0.3, -0.25) is 25.2 Å². The van der Waals surface area contributed by atoms with E-state index in [0.717, 1.165) is 29.4 Å². The number of aryl methyl sites for hydroxylation is 1. The van der Waals surface area contributed by atoms with E-state index in [0.29, 0.717) is 0 Å². The van der Waals surface area contributed by atoms with Gasteiger partial charge in [-0.1, -0.05) is 24.3 Å². The number of hydrogen-bond acceptors (Lipinski definition) is 6. The van der Waals surface area contributed by atoms with E-state index in [-0.39, 0.29) is 22.9 Å². The molecule has 33 heavy (non-hydrogen) atoms. The standard InChI is InChI=1S/C22H27N5O5S/c1-26(2)33(31,32)18-10-5-8-17(13-18)22(30)23-14-20(28)24-25-21(29)15-27-12-6-9-16-7-3-4-11-19(16)27/h3-5,7-8,10-11,13H,6,9,12,14-15H2,1-2H3,(H,23,30)(H,24,28)(H,25,29). The van der Waals surface area contributed by atoms with Gasteiger partial charge in [0.2, 0.25) is 10.0 Å². The molecular weight excluding hydrogens is 446 g/mol. The Kier molecular flexibility index (Phi) is 7.67. The maximum Gasteiger partial charge on any atom is 0.257 e. The number of nitrogens with one attached hydrogen (secondary N) is 3. The lowest BCUT2D eigenvalue weighted by atomic mass is 10.0. The molecule has 2 aromatic rings. The largest absolute Gasteiger partial charge is 0.362 e. The Morgan fingerprint density at radius 1 is 1.00 bits per heavy atom. The number of hydrogen-bond donors (Lipinski definition) is 3. The fraction of sp³-hybridized carbons (Fsp3) is 0.318. The molecule has 1 aliphatic heterocycles. The summed E-state index contributed by atoms with van der Waals surface area (Å²) in [5.74, 6) is -1.61. The zero-order valence-electron chi connectivity index (χ0n) is 18.5. The molecule has 0 saturated carbocycles. The first-order valence-electron chi connectivity index (χ1n) is 10.4. The fourth-order valence-corrected chi connectivity index (χ4v) is 4.39. The molecule has 11 heteroatoms. The number of fused-ring (bicyclic) bond motifs is 1. The average Bonchev–Trinajstić information content (AvgIpc) is 2.81. The first kappa shape index (κ1) is 24.2. The van der Waals surface area contributed by atoms with E-state index in [4.69, 9.17) is 0 Å². The fourth-order valence-electron chi connectivity index (χ4n) is 3.44. The van der Waals surface area contributed by atoms with Gasteiger partial charge in [-0.25, -0.2) is 12.7 Å². The van der Waals surface area contributed by atoms with Crippen molar-refractivity contribution in [3.05, 3.63) is 59.7 Å². The number of amides is 3. The Labute approximate surface area is 193 Å². The third-order valence-electron chi connectivity index (χ3n) is 5.17. The summed E-state index contributed by atoms with van der Waals surface area (Å²) in [7, 11) is -0.904. The van der Waals surface area contributed by atoms with Gasteiger partial charge in [0.05, 0.1) is 18.0 Å². The second-order valence-corrected chi connectivity index (χ2v) is 9.90. The summed E-state index contributed by atoms with van der Waals surface area (Å²) in [6.07, 6.45) is 1.91. The summed E-state index contributed by atoms with van der Waals surface area (Å²) in [4.78, 5) is 38.5. The quantitative estimate of drug-likeness (QED) is 0.495. The number of benzene rings is 2. The van der Waals surface area contributed by atoms with E-state index in [2.05, 4.69) is 16.2 Å². The molecule has 0 fully saturated rings. The van der Waals surface area contributed by atoms with Crippen molar-refractivity contribution in [1.29, 1.82) is 0 Å². The minimum Gasteiger partial charge on any atom is -0.362 e. The van der Waals surface area contributed by atoms with Crippen molar-refractivity contribution in [1.82, 2.24) is 20.5 Å². The molecule has 3 amide bonds. The van der Waals surface area contributed by atoms with Crippen molar-refractivity contribution in [3.8, 4) is 0 Å². The molecule has 0 bridgehead atoms. The van der Waals surface area contributed by atoms with Crippen LogP contribution in [0.3, 0.4) is 0 Å². The molecule has 3 N–H and O–H groups in total.